The van der Waals surface area contributed by atoms with Crippen LogP contribution in [0.15, 0.2) is 24.3 Å². The number of imide groups is 1. The molecule has 0 unspecified atom stereocenters. The van der Waals surface area contributed by atoms with Crippen LogP contribution in [-0.4, -0.2) is 66.1 Å². The molecule has 9 heteroatoms. The van der Waals surface area contributed by atoms with Crippen molar-refractivity contribution in [2.75, 3.05) is 32.1 Å². The summed E-state index contributed by atoms with van der Waals surface area (Å²) >= 11 is 0. The molecule has 0 saturated carbocycles. The summed E-state index contributed by atoms with van der Waals surface area (Å²) in [6.45, 7) is 2.75. The summed E-state index contributed by atoms with van der Waals surface area (Å²) < 4.78 is 4.87. The topological polar surface area (TPSA) is 113 Å². The molecule has 0 aliphatic carbocycles. The number of rotatable bonds is 8. The molecule has 1 aliphatic rings. The van der Waals surface area contributed by atoms with E-state index in [9.17, 15) is 24.0 Å². The first-order valence-electron chi connectivity index (χ1n) is 8.81. The molecule has 1 aliphatic heterocycles. The largest absolute Gasteiger partial charge is 0.456 e. The van der Waals surface area contributed by atoms with Crippen LogP contribution in [0.1, 0.15) is 30.6 Å². The van der Waals surface area contributed by atoms with Gasteiger partial charge in [-0.2, -0.15) is 0 Å². The van der Waals surface area contributed by atoms with E-state index in [2.05, 4.69) is 5.32 Å². The van der Waals surface area contributed by atoms with Gasteiger partial charge in [0.25, 0.3) is 5.91 Å². The third-order valence-electron chi connectivity index (χ3n) is 3.97. The molecule has 0 aromatic heterocycles. The van der Waals surface area contributed by atoms with E-state index in [-0.39, 0.29) is 18.4 Å². The van der Waals surface area contributed by atoms with Gasteiger partial charge in [-0.1, -0.05) is 13.8 Å². The van der Waals surface area contributed by atoms with Crippen molar-refractivity contribution < 1.29 is 28.7 Å². The van der Waals surface area contributed by atoms with Crippen LogP contribution in [0.4, 0.5) is 10.5 Å². The van der Waals surface area contributed by atoms with Crippen molar-refractivity contribution in [1.82, 2.24) is 9.80 Å². The molecule has 2 rings (SSSR count). The number of carbonyl (C=O) groups is 5. The highest BCUT2D eigenvalue weighted by Gasteiger charge is 2.35. The number of hydrogen-bond donors (Lipinski definition) is 1. The van der Waals surface area contributed by atoms with Gasteiger partial charge in [0, 0.05) is 24.7 Å². The third-order valence-corrected chi connectivity index (χ3v) is 3.97. The predicted octanol–water partition coefficient (Wildman–Crippen LogP) is 1.29. The number of ketones is 1. The van der Waals surface area contributed by atoms with Gasteiger partial charge in [-0.15, -0.1) is 0 Å². The molecule has 0 bridgehead atoms. The molecular formula is C19H23N3O6. The van der Waals surface area contributed by atoms with Gasteiger partial charge in [-0.25, -0.2) is 4.79 Å². The van der Waals surface area contributed by atoms with Crippen LogP contribution in [0.25, 0.3) is 0 Å². The predicted molar refractivity (Wildman–Crippen MR) is 99.6 cm³/mol. The fourth-order valence-corrected chi connectivity index (χ4v) is 2.55. The molecule has 4 amide bonds. The zero-order valence-electron chi connectivity index (χ0n) is 16.1. The van der Waals surface area contributed by atoms with Crippen LogP contribution in [0, 0.1) is 5.92 Å². The number of nitrogens with zero attached hydrogens (tertiary/aromatic N) is 2. The van der Waals surface area contributed by atoms with Gasteiger partial charge in [0.2, 0.25) is 5.91 Å². The fraction of sp³-hybridized carbons (Fsp3) is 0.421. The molecular weight excluding hydrogens is 366 g/mol. The van der Waals surface area contributed by atoms with E-state index in [0.717, 1.165) is 4.90 Å². The Labute approximate surface area is 162 Å². The lowest BCUT2D eigenvalue weighted by Gasteiger charge is -2.13. The summed E-state index contributed by atoms with van der Waals surface area (Å²) in [6, 6.07) is 5.63. The van der Waals surface area contributed by atoms with Gasteiger partial charge in [-0.05, 0) is 30.2 Å². The maximum Gasteiger partial charge on any atom is 0.327 e. The lowest BCUT2D eigenvalue weighted by Crippen LogP contribution is -2.37. The summed E-state index contributed by atoms with van der Waals surface area (Å²) in [6.07, 6.45) is 0.397. The highest BCUT2D eigenvalue weighted by atomic mass is 16.5. The Balaban J connectivity index is 1.82. The van der Waals surface area contributed by atoms with Crippen molar-refractivity contribution in [1.29, 1.82) is 0 Å². The molecule has 0 radical (unpaired) electrons. The first kappa shape index (κ1) is 21.1. The molecule has 1 fully saturated rings. The van der Waals surface area contributed by atoms with Crippen LogP contribution >= 0.6 is 0 Å². The van der Waals surface area contributed by atoms with Crippen LogP contribution < -0.4 is 5.32 Å². The molecule has 28 heavy (non-hydrogen) atoms. The van der Waals surface area contributed by atoms with Gasteiger partial charge in [-0.3, -0.25) is 24.1 Å². The number of ether oxygens (including phenoxy) is 1. The van der Waals surface area contributed by atoms with E-state index in [0.29, 0.717) is 17.7 Å². The van der Waals surface area contributed by atoms with E-state index in [4.69, 9.17) is 4.74 Å². The fourth-order valence-electron chi connectivity index (χ4n) is 2.55. The van der Waals surface area contributed by atoms with Crippen molar-refractivity contribution in [3.8, 4) is 0 Å². The van der Waals surface area contributed by atoms with Crippen molar-refractivity contribution in [2.24, 2.45) is 5.92 Å². The maximum absolute atomic E-state index is 12.1. The molecule has 0 spiro atoms. The average Bonchev–Trinajstić information content (AvgIpc) is 2.85. The standard InChI is InChI=1S/C19H23N3O6/c1-12(2)8-16(24)20-14-6-4-13(5-7-14)15(23)11-28-18(26)10-22-17(25)9-21(3)19(22)27/h4-7,12H,8-11H2,1-3H3,(H,20,24). The number of Topliss-reactive ketones (excluding diaryl/α,β-unsaturated/α-hetero) is 1. The van der Waals surface area contributed by atoms with Crippen LogP contribution in [0.3, 0.4) is 0 Å². The monoisotopic (exact) mass is 389 g/mol. The Morgan fingerprint density at radius 3 is 2.32 bits per heavy atom. The van der Waals surface area contributed by atoms with Crippen LogP contribution in [0.2, 0.25) is 0 Å². The number of amides is 4. The summed E-state index contributed by atoms with van der Waals surface area (Å²) in [4.78, 5) is 61.0. The molecule has 1 heterocycles. The zero-order chi connectivity index (χ0) is 20.8. The van der Waals surface area contributed by atoms with Crippen molar-refractivity contribution >= 4 is 35.3 Å². The zero-order valence-corrected chi connectivity index (χ0v) is 16.1. The number of hydrogen-bond acceptors (Lipinski definition) is 6. The third kappa shape index (κ3) is 5.63. The lowest BCUT2D eigenvalue weighted by molar-refractivity contribution is -0.145. The second-order valence-corrected chi connectivity index (χ2v) is 6.93. The van der Waals surface area contributed by atoms with Crippen molar-refractivity contribution in [3.63, 3.8) is 0 Å². The second kappa shape index (κ2) is 9.12. The van der Waals surface area contributed by atoms with Crippen LogP contribution in [0.5, 0.6) is 0 Å². The van der Waals surface area contributed by atoms with Gasteiger partial charge in [0.15, 0.2) is 12.4 Å². The van der Waals surface area contributed by atoms with Crippen molar-refractivity contribution in [3.05, 3.63) is 29.8 Å². The number of benzene rings is 1. The first-order valence-corrected chi connectivity index (χ1v) is 8.81. The smallest absolute Gasteiger partial charge is 0.327 e. The number of nitrogens with one attached hydrogen (secondary N) is 1. The van der Waals surface area contributed by atoms with Crippen LogP contribution in [-0.2, 0) is 19.1 Å². The Morgan fingerprint density at radius 2 is 1.79 bits per heavy atom. The number of anilines is 1. The summed E-state index contributed by atoms with van der Waals surface area (Å²) in [5, 5.41) is 2.73. The van der Waals surface area contributed by atoms with Gasteiger partial charge in [0.05, 0.1) is 0 Å². The lowest BCUT2D eigenvalue weighted by atomic mass is 10.1. The average molecular weight is 389 g/mol. The molecule has 1 aromatic carbocycles. The Bertz CT molecular complexity index is 787. The van der Waals surface area contributed by atoms with Crippen molar-refractivity contribution in [2.45, 2.75) is 20.3 Å². The minimum absolute atomic E-state index is 0.0922. The highest BCUT2D eigenvalue weighted by molar-refractivity contribution is 6.04. The molecule has 1 N–H and O–H groups in total. The Hall–Kier alpha value is -3.23. The Morgan fingerprint density at radius 1 is 1.14 bits per heavy atom. The van der Waals surface area contributed by atoms with Gasteiger partial charge in [0.1, 0.15) is 13.1 Å². The van der Waals surface area contributed by atoms with E-state index in [1.807, 2.05) is 13.8 Å². The van der Waals surface area contributed by atoms with E-state index in [1.165, 1.54) is 24.1 Å². The first-order chi connectivity index (χ1) is 13.2. The maximum atomic E-state index is 12.1. The molecule has 150 valence electrons. The molecule has 1 saturated heterocycles. The minimum atomic E-state index is -0.845. The summed E-state index contributed by atoms with van der Waals surface area (Å²) in [7, 11) is 1.45. The normalized spacial score (nSPS) is 13.9. The molecule has 9 nitrogen and oxygen atoms in total. The quantitative estimate of drug-likeness (QED) is 0.407. The minimum Gasteiger partial charge on any atom is -0.456 e. The SMILES string of the molecule is CC(C)CC(=O)Nc1ccc(C(=O)COC(=O)CN2C(=O)CN(C)C2=O)cc1. The number of likely N-dealkylation sites (N-methyl/N-ethyl adjacent to an activating group) is 1. The number of carbonyl (C=O) groups excluding carboxylic acids is 5. The summed E-state index contributed by atoms with van der Waals surface area (Å²) in [5.74, 6) is -1.65. The van der Waals surface area contributed by atoms with E-state index >= 15 is 0 Å². The van der Waals surface area contributed by atoms with Gasteiger partial charge < -0.3 is 15.0 Å². The number of esters is 1. The summed E-state index contributed by atoms with van der Waals surface area (Å²) in [5.41, 5.74) is 0.872. The Kier molecular flexibility index (Phi) is 6.86. The van der Waals surface area contributed by atoms with E-state index < -0.39 is 36.8 Å². The second-order valence-electron chi connectivity index (χ2n) is 6.93. The number of urea groups is 1. The highest BCUT2D eigenvalue weighted by Crippen LogP contribution is 2.12. The molecule has 0 atom stereocenters. The van der Waals surface area contributed by atoms with Gasteiger partial charge >= 0.3 is 12.0 Å². The van der Waals surface area contributed by atoms with E-state index in [1.54, 1.807) is 12.1 Å². The molecule has 1 aromatic rings.